The third kappa shape index (κ3) is 5.04. The first-order chi connectivity index (χ1) is 17.9. The number of carbonyl (C=O) groups is 1. The van der Waals surface area contributed by atoms with Gasteiger partial charge in [-0.2, -0.15) is 0 Å². The number of rotatable bonds is 6. The van der Waals surface area contributed by atoms with Crippen molar-refractivity contribution < 1.29 is 22.7 Å². The topological polar surface area (TPSA) is 111 Å². The summed E-state index contributed by atoms with van der Waals surface area (Å²) in [7, 11) is -0.926. The van der Waals surface area contributed by atoms with E-state index in [9.17, 15) is 13.2 Å². The van der Waals surface area contributed by atoms with Crippen LogP contribution in [-0.2, 0) is 14.8 Å². The molecule has 9 nitrogen and oxygen atoms in total. The predicted octanol–water partition coefficient (Wildman–Crippen LogP) is 3.43. The maximum Gasteiger partial charge on any atom is 0.283 e. The number of likely N-dealkylation sites (N-methyl/N-ethyl adjacent to an activating group) is 1. The zero-order valence-corrected chi connectivity index (χ0v) is 21.2. The number of sulfonamides is 1. The Morgan fingerprint density at radius 2 is 1.97 bits per heavy atom. The van der Waals surface area contributed by atoms with E-state index in [-0.39, 0.29) is 22.4 Å². The van der Waals surface area contributed by atoms with Crippen LogP contribution in [0, 0.1) is 0 Å². The van der Waals surface area contributed by atoms with Crippen LogP contribution in [0.4, 0.5) is 0 Å². The third-order valence-electron chi connectivity index (χ3n) is 6.39. The Morgan fingerprint density at radius 3 is 2.73 bits per heavy atom. The lowest BCUT2D eigenvalue weighted by atomic mass is 10.0. The Balaban J connectivity index is 1.45. The van der Waals surface area contributed by atoms with Gasteiger partial charge in [-0.1, -0.05) is 24.3 Å². The molecule has 37 heavy (non-hydrogen) atoms. The van der Waals surface area contributed by atoms with Gasteiger partial charge in [0.1, 0.15) is 16.3 Å². The van der Waals surface area contributed by atoms with E-state index in [0.29, 0.717) is 18.7 Å². The van der Waals surface area contributed by atoms with Crippen LogP contribution in [0.15, 0.2) is 77.8 Å². The number of carbonyl (C=O) groups excluding carboxylic acids is 1. The van der Waals surface area contributed by atoms with Crippen molar-refractivity contribution >= 4 is 26.8 Å². The van der Waals surface area contributed by atoms with E-state index in [2.05, 4.69) is 19.6 Å². The summed E-state index contributed by atoms with van der Waals surface area (Å²) in [5.74, 6) is -0.703. The first kappa shape index (κ1) is 24.8. The summed E-state index contributed by atoms with van der Waals surface area (Å²) in [4.78, 5) is 23.8. The van der Waals surface area contributed by atoms with Crippen LogP contribution >= 0.6 is 0 Å². The molecule has 190 valence electrons. The van der Waals surface area contributed by atoms with Crippen molar-refractivity contribution in [2.24, 2.45) is 0 Å². The summed E-state index contributed by atoms with van der Waals surface area (Å²) in [6.07, 6.45) is 1.71. The average molecular weight is 519 g/mol. The Kier molecular flexibility index (Phi) is 6.88. The maximum absolute atomic E-state index is 13.3. The first-order valence-corrected chi connectivity index (χ1v) is 13.2. The van der Waals surface area contributed by atoms with Gasteiger partial charge in [-0.3, -0.25) is 14.7 Å². The number of hydrogen-bond acceptors (Lipinski definition) is 8. The molecule has 1 saturated heterocycles. The number of pyridine rings is 2. The van der Waals surface area contributed by atoms with Crippen LogP contribution in [0.2, 0.25) is 0 Å². The van der Waals surface area contributed by atoms with Crippen molar-refractivity contribution in [3.8, 4) is 17.0 Å². The number of ether oxygens (including phenoxy) is 2. The molecule has 1 aliphatic heterocycles. The van der Waals surface area contributed by atoms with Crippen LogP contribution in [0.25, 0.3) is 22.2 Å². The van der Waals surface area contributed by atoms with E-state index in [1.54, 1.807) is 30.5 Å². The fraction of sp³-hybridized carbons (Fsp3) is 0.222. The number of fused-ring (bicyclic) bond motifs is 1. The van der Waals surface area contributed by atoms with Gasteiger partial charge in [0.15, 0.2) is 0 Å². The highest BCUT2D eigenvalue weighted by molar-refractivity contribution is 7.90. The van der Waals surface area contributed by atoms with E-state index in [0.717, 1.165) is 28.8 Å². The highest BCUT2D eigenvalue weighted by Gasteiger charge is 2.28. The van der Waals surface area contributed by atoms with Crippen LogP contribution in [-0.4, -0.2) is 63.1 Å². The van der Waals surface area contributed by atoms with Crippen molar-refractivity contribution in [3.05, 3.63) is 84.2 Å². The van der Waals surface area contributed by atoms with Gasteiger partial charge in [0.2, 0.25) is 0 Å². The molecule has 0 aliphatic carbocycles. The van der Waals surface area contributed by atoms with E-state index >= 15 is 0 Å². The lowest BCUT2D eigenvalue weighted by Crippen LogP contribution is -2.36. The predicted molar refractivity (Wildman–Crippen MR) is 139 cm³/mol. The second-order valence-corrected chi connectivity index (χ2v) is 10.4. The Labute approximate surface area is 215 Å². The minimum Gasteiger partial charge on any atom is -0.495 e. The molecule has 1 amide bonds. The summed E-state index contributed by atoms with van der Waals surface area (Å²) in [5, 5.41) is 0.800. The zero-order chi connectivity index (χ0) is 26.0. The van der Waals surface area contributed by atoms with Crippen molar-refractivity contribution in [2.45, 2.75) is 10.9 Å². The molecule has 1 fully saturated rings. The average Bonchev–Trinajstić information content (AvgIpc) is 2.92. The lowest BCUT2D eigenvalue weighted by Gasteiger charge is -2.33. The Morgan fingerprint density at radius 1 is 1.11 bits per heavy atom. The molecule has 4 aromatic rings. The molecule has 1 N–H and O–H groups in total. The van der Waals surface area contributed by atoms with E-state index in [4.69, 9.17) is 9.47 Å². The minimum absolute atomic E-state index is 0.0234. The smallest absolute Gasteiger partial charge is 0.283 e. The summed E-state index contributed by atoms with van der Waals surface area (Å²) < 4.78 is 39.7. The number of morpholine rings is 1. The van der Waals surface area contributed by atoms with Gasteiger partial charge < -0.3 is 9.47 Å². The van der Waals surface area contributed by atoms with Crippen LogP contribution in [0.5, 0.6) is 5.75 Å². The molecule has 1 unspecified atom stereocenters. The van der Waals surface area contributed by atoms with Crippen LogP contribution in [0.3, 0.4) is 0 Å². The highest BCUT2D eigenvalue weighted by Crippen LogP contribution is 2.31. The highest BCUT2D eigenvalue weighted by atomic mass is 32.2. The SMILES string of the molecule is COc1ccc(C2COCCN2C)cc1S(=O)(=O)NC(=O)c1ccc2c(-c3ccccn3)cccc2n1. The molecule has 0 saturated carbocycles. The normalized spacial score (nSPS) is 16.4. The number of nitrogens with zero attached hydrogens (tertiary/aromatic N) is 3. The quantitative estimate of drug-likeness (QED) is 0.413. The van der Waals surface area contributed by atoms with Gasteiger partial charge in [0.05, 0.1) is 37.6 Å². The third-order valence-corrected chi connectivity index (χ3v) is 7.74. The molecular formula is C27H26N4O5S. The molecule has 10 heteroatoms. The van der Waals surface area contributed by atoms with Crippen LogP contribution in [0.1, 0.15) is 22.1 Å². The Bertz CT molecular complexity index is 1560. The molecule has 5 rings (SSSR count). The summed E-state index contributed by atoms with van der Waals surface area (Å²) in [6.45, 7) is 1.79. The largest absolute Gasteiger partial charge is 0.495 e. The van der Waals surface area contributed by atoms with Crippen molar-refractivity contribution in [1.82, 2.24) is 19.6 Å². The second-order valence-electron chi connectivity index (χ2n) is 8.70. The molecular weight excluding hydrogens is 492 g/mol. The van der Waals surface area contributed by atoms with Gasteiger partial charge in [-0.15, -0.1) is 0 Å². The molecule has 1 atom stereocenters. The van der Waals surface area contributed by atoms with Crippen molar-refractivity contribution in [1.29, 1.82) is 0 Å². The molecule has 3 heterocycles. The Hall–Kier alpha value is -3.86. The molecule has 0 radical (unpaired) electrons. The number of aromatic nitrogens is 2. The summed E-state index contributed by atoms with van der Waals surface area (Å²) in [5.41, 5.74) is 2.92. The number of methoxy groups -OCH3 is 1. The number of nitrogens with one attached hydrogen (secondary N) is 1. The van der Waals surface area contributed by atoms with Crippen LogP contribution < -0.4 is 9.46 Å². The number of benzene rings is 2. The molecule has 0 bridgehead atoms. The summed E-state index contributed by atoms with van der Waals surface area (Å²) >= 11 is 0. The van der Waals surface area contributed by atoms with Gasteiger partial charge in [0, 0.05) is 23.7 Å². The van der Waals surface area contributed by atoms with Gasteiger partial charge in [0.25, 0.3) is 15.9 Å². The molecule has 1 aliphatic rings. The maximum atomic E-state index is 13.3. The number of hydrogen-bond donors (Lipinski definition) is 1. The lowest BCUT2D eigenvalue weighted by molar-refractivity contribution is 0.00496. The monoisotopic (exact) mass is 518 g/mol. The zero-order valence-electron chi connectivity index (χ0n) is 20.4. The van der Waals surface area contributed by atoms with E-state index < -0.39 is 15.9 Å². The second kappa shape index (κ2) is 10.3. The first-order valence-electron chi connectivity index (χ1n) is 11.7. The van der Waals surface area contributed by atoms with E-state index in [1.807, 2.05) is 37.4 Å². The van der Waals surface area contributed by atoms with Crippen molar-refractivity contribution in [3.63, 3.8) is 0 Å². The fourth-order valence-electron chi connectivity index (χ4n) is 4.40. The van der Waals surface area contributed by atoms with Gasteiger partial charge >= 0.3 is 0 Å². The van der Waals surface area contributed by atoms with Gasteiger partial charge in [-0.25, -0.2) is 18.1 Å². The van der Waals surface area contributed by atoms with Crippen molar-refractivity contribution in [2.75, 3.05) is 33.9 Å². The molecule has 2 aromatic carbocycles. The van der Waals surface area contributed by atoms with E-state index in [1.165, 1.54) is 19.2 Å². The minimum atomic E-state index is -4.27. The number of amides is 1. The molecule has 0 spiro atoms. The van der Waals surface area contributed by atoms with Gasteiger partial charge in [-0.05, 0) is 55.1 Å². The standard InChI is InChI=1S/C27H26N4O5S/c1-31-14-15-36-17-24(31)18-9-12-25(35-2)26(16-18)37(33,34)30-27(32)23-11-10-20-19(6-5-8-22(20)29-23)21-7-3-4-13-28-21/h3-13,16,24H,14-15,17H2,1-2H3,(H,30,32). The fourth-order valence-corrected chi connectivity index (χ4v) is 5.57. The summed E-state index contributed by atoms with van der Waals surface area (Å²) in [6, 6.07) is 19.2. The molecule has 2 aromatic heterocycles.